The lowest BCUT2D eigenvalue weighted by Crippen LogP contribution is -2.19. The predicted molar refractivity (Wildman–Crippen MR) is 236 cm³/mol. The molecule has 0 N–H and O–H groups in total. The van der Waals surface area contributed by atoms with Gasteiger partial charge in [-0.2, -0.15) is 0 Å². The first-order valence-corrected chi connectivity index (χ1v) is 20.8. The van der Waals surface area contributed by atoms with Crippen LogP contribution in [0.4, 0.5) is 0 Å². The maximum absolute atomic E-state index is 15.2. The van der Waals surface area contributed by atoms with Crippen molar-refractivity contribution in [3.05, 3.63) is 231 Å². The molecule has 11 aromatic rings. The maximum atomic E-state index is 15.2. The molecule has 60 heavy (non-hydrogen) atoms. The van der Waals surface area contributed by atoms with Crippen LogP contribution in [0.15, 0.2) is 164 Å². The van der Waals surface area contributed by atoms with Crippen LogP contribution in [0.2, 0.25) is 0 Å². The summed E-state index contributed by atoms with van der Waals surface area (Å²) < 4.78 is 4.53. The van der Waals surface area contributed by atoms with Gasteiger partial charge in [0.15, 0.2) is 11.6 Å². The minimum atomic E-state index is -0.376. The third-order valence-corrected chi connectivity index (χ3v) is 14.6. The van der Waals surface area contributed by atoms with E-state index < -0.39 is 0 Å². The number of aromatic nitrogens is 3. The Balaban J connectivity index is 1.11. The maximum Gasteiger partial charge on any atom is 0.175 e. The van der Waals surface area contributed by atoms with Gasteiger partial charge < -0.3 is 4.40 Å². The molecule has 3 aromatic heterocycles. The van der Waals surface area contributed by atoms with Crippen molar-refractivity contribution in [2.75, 3.05) is 0 Å². The number of nitrogens with zero attached hydrogens (tertiary/aromatic N) is 3. The molecular formula is C55H31N3O2. The summed E-state index contributed by atoms with van der Waals surface area (Å²) in [6, 6.07) is 55.8. The normalized spacial score (nSPS) is 19.4. The quantitative estimate of drug-likeness (QED) is 0.167. The first kappa shape index (κ1) is 31.4. The Morgan fingerprint density at radius 1 is 0.400 bits per heavy atom. The van der Waals surface area contributed by atoms with Crippen LogP contribution in [0, 0.1) is 0 Å². The SMILES string of the molecule is O=C1c2cc3c(cc2C2c4ccccc4C1c1ccccc12)c1cc2c(ncn2-c2ccccc2)c2c4cc5c(cc4n3c12)C(=O)C1c2ccccc2C5c2ccccc21. The number of imidazole rings is 1. The molecule has 0 amide bonds. The molecule has 0 spiro atoms. The second-order valence-corrected chi connectivity index (χ2v) is 17.2. The Hall–Kier alpha value is -7.63. The third kappa shape index (κ3) is 3.57. The number of ketones is 2. The van der Waals surface area contributed by atoms with Crippen molar-refractivity contribution >= 4 is 60.7 Å². The van der Waals surface area contributed by atoms with E-state index in [0.29, 0.717) is 0 Å². The van der Waals surface area contributed by atoms with Gasteiger partial charge in [-0.25, -0.2) is 4.98 Å². The van der Waals surface area contributed by atoms with E-state index in [-0.39, 0.29) is 35.2 Å². The summed E-state index contributed by atoms with van der Waals surface area (Å²) in [5, 5.41) is 4.33. The highest BCUT2D eigenvalue weighted by Crippen LogP contribution is 2.56. The van der Waals surface area contributed by atoms with Gasteiger partial charge in [-0.05, 0) is 98.1 Å². The number of carbonyl (C=O) groups excluding carboxylic acids is 2. The fraction of sp³-hybridized carbons (Fsp3) is 0.0727. The third-order valence-electron chi connectivity index (χ3n) is 14.6. The Morgan fingerprint density at radius 3 is 1.33 bits per heavy atom. The molecule has 17 rings (SSSR count). The fourth-order valence-electron chi connectivity index (χ4n) is 12.3. The van der Waals surface area contributed by atoms with E-state index in [0.717, 1.165) is 99.3 Å². The number of rotatable bonds is 1. The molecule has 0 radical (unpaired) electrons. The van der Waals surface area contributed by atoms with Gasteiger partial charge >= 0.3 is 0 Å². The van der Waals surface area contributed by atoms with Gasteiger partial charge in [0.1, 0.15) is 6.33 Å². The fourth-order valence-corrected chi connectivity index (χ4v) is 12.3. The second-order valence-electron chi connectivity index (χ2n) is 17.2. The highest BCUT2D eigenvalue weighted by Gasteiger charge is 2.45. The van der Waals surface area contributed by atoms with Crippen LogP contribution in [0.5, 0.6) is 0 Å². The van der Waals surface area contributed by atoms with Crippen LogP contribution in [0.1, 0.15) is 100 Å². The molecule has 6 aliphatic carbocycles. The molecule has 4 bridgehead atoms. The zero-order chi connectivity index (χ0) is 39.1. The number of hydrogen-bond acceptors (Lipinski definition) is 3. The number of fused-ring (bicyclic) bond motifs is 8. The lowest BCUT2D eigenvalue weighted by atomic mass is 9.72. The summed E-state index contributed by atoms with van der Waals surface area (Å²) in [5.74, 6) is -0.638. The molecule has 8 aromatic carbocycles. The van der Waals surface area contributed by atoms with Gasteiger partial charge in [0.05, 0.1) is 39.4 Å². The predicted octanol–water partition coefficient (Wildman–Crippen LogP) is 11.8. The Labute approximate surface area is 343 Å². The van der Waals surface area contributed by atoms with E-state index >= 15 is 9.59 Å². The van der Waals surface area contributed by atoms with Crippen molar-refractivity contribution in [3.8, 4) is 5.69 Å². The standard InChI is InChI=1S/C55H31N3O2/c59-54-41-25-44-37(22-38(41)47-29-14-4-8-18-33(29)49(54)34-19-9-5-15-30(34)47)40-24-46-52(56-27-57(46)28-12-2-1-3-13-28)51-43-23-39-42(26-45(43)58(44)53(40)51)55(60)50-35-20-10-6-16-31(35)48(39)32-17-7-11-21-36(32)50/h1-27,47-50H. The molecular weight excluding hydrogens is 735 g/mol. The molecule has 0 fully saturated rings. The Bertz CT molecular complexity index is 3700. The monoisotopic (exact) mass is 765 g/mol. The first-order chi connectivity index (χ1) is 29.6. The second kappa shape index (κ2) is 10.7. The topological polar surface area (TPSA) is 56.4 Å². The molecule has 0 unspecified atom stereocenters. The smallest absolute Gasteiger partial charge is 0.175 e. The lowest BCUT2D eigenvalue weighted by molar-refractivity contribution is 0.0966. The molecule has 278 valence electrons. The van der Waals surface area contributed by atoms with Crippen LogP contribution < -0.4 is 0 Å². The first-order valence-electron chi connectivity index (χ1n) is 20.8. The van der Waals surface area contributed by atoms with Crippen LogP contribution >= 0.6 is 0 Å². The largest absolute Gasteiger partial charge is 0.308 e. The molecule has 0 aliphatic heterocycles. The van der Waals surface area contributed by atoms with Crippen LogP contribution in [0.25, 0.3) is 54.8 Å². The van der Waals surface area contributed by atoms with Gasteiger partial charge in [0, 0.05) is 50.2 Å². The van der Waals surface area contributed by atoms with Gasteiger partial charge in [0.25, 0.3) is 0 Å². The van der Waals surface area contributed by atoms with E-state index in [9.17, 15) is 0 Å². The highest BCUT2D eigenvalue weighted by molar-refractivity contribution is 6.31. The van der Waals surface area contributed by atoms with Gasteiger partial charge in [-0.15, -0.1) is 0 Å². The molecule has 5 nitrogen and oxygen atoms in total. The van der Waals surface area contributed by atoms with Crippen LogP contribution in [-0.2, 0) is 0 Å². The summed E-state index contributed by atoms with van der Waals surface area (Å²) in [6.45, 7) is 0. The molecule has 5 heteroatoms. The van der Waals surface area contributed by atoms with Crippen molar-refractivity contribution in [3.63, 3.8) is 0 Å². The molecule has 6 aliphatic rings. The van der Waals surface area contributed by atoms with Crippen LogP contribution in [0.3, 0.4) is 0 Å². The lowest BCUT2D eigenvalue weighted by Gasteiger charge is -2.30. The average molecular weight is 766 g/mol. The van der Waals surface area contributed by atoms with Gasteiger partial charge in [0.2, 0.25) is 0 Å². The van der Waals surface area contributed by atoms with Crippen LogP contribution in [-0.4, -0.2) is 25.5 Å². The minimum Gasteiger partial charge on any atom is -0.308 e. The van der Waals surface area contributed by atoms with Crippen molar-refractivity contribution < 1.29 is 9.59 Å². The highest BCUT2D eigenvalue weighted by atomic mass is 16.1. The van der Waals surface area contributed by atoms with E-state index in [2.05, 4.69) is 161 Å². The minimum absolute atomic E-state index is 0.0710. The Morgan fingerprint density at radius 2 is 0.833 bits per heavy atom. The zero-order valence-corrected chi connectivity index (χ0v) is 32.1. The van der Waals surface area contributed by atoms with E-state index in [4.69, 9.17) is 4.98 Å². The summed E-state index contributed by atoms with van der Waals surface area (Å²) >= 11 is 0. The van der Waals surface area contributed by atoms with Gasteiger partial charge in [-0.1, -0.05) is 115 Å². The number of para-hydroxylation sites is 1. The molecule has 0 saturated heterocycles. The van der Waals surface area contributed by atoms with E-state index in [1.165, 1.54) is 22.3 Å². The summed E-state index contributed by atoms with van der Waals surface area (Å²) in [5.41, 5.74) is 18.8. The number of hydrogen-bond donors (Lipinski definition) is 0. The van der Waals surface area contributed by atoms with E-state index in [1.54, 1.807) is 0 Å². The van der Waals surface area contributed by atoms with Crippen molar-refractivity contribution in [1.82, 2.24) is 14.0 Å². The molecule has 3 heterocycles. The zero-order valence-electron chi connectivity index (χ0n) is 32.1. The number of Topliss-reactive ketones (excluding diaryl/α,β-unsaturated/α-hetero) is 2. The Kier molecular flexibility index (Phi) is 5.59. The van der Waals surface area contributed by atoms with Crippen molar-refractivity contribution in [2.45, 2.75) is 23.7 Å². The molecule has 0 atom stereocenters. The number of benzene rings is 8. The van der Waals surface area contributed by atoms with Crippen molar-refractivity contribution in [2.24, 2.45) is 0 Å². The average Bonchev–Trinajstić information content (AvgIpc) is 3.89. The van der Waals surface area contributed by atoms with E-state index in [1.807, 2.05) is 12.4 Å². The summed E-state index contributed by atoms with van der Waals surface area (Å²) in [7, 11) is 0. The number of carbonyl (C=O) groups is 2. The molecule has 0 saturated carbocycles. The van der Waals surface area contributed by atoms with Gasteiger partial charge in [-0.3, -0.25) is 14.2 Å². The summed E-state index contributed by atoms with van der Waals surface area (Å²) in [6.07, 6.45) is 1.94. The van der Waals surface area contributed by atoms with Crippen molar-refractivity contribution in [1.29, 1.82) is 0 Å². The summed E-state index contributed by atoms with van der Waals surface area (Å²) in [4.78, 5) is 35.6.